The number of hydrogen-bond acceptors (Lipinski definition) is 6. The summed E-state index contributed by atoms with van der Waals surface area (Å²) < 4.78 is 5.52. The van der Waals surface area contributed by atoms with Gasteiger partial charge in [0.05, 0.1) is 11.5 Å². The average Bonchev–Trinajstić information content (AvgIpc) is 2.50. The van der Waals surface area contributed by atoms with Crippen LogP contribution < -0.4 is 0 Å². The summed E-state index contributed by atoms with van der Waals surface area (Å²) in [5, 5.41) is 50.9. The number of aliphatic hydroxyl groups excluding tert-OH is 3. The van der Waals surface area contributed by atoms with E-state index in [1.54, 1.807) is 27.7 Å². The van der Waals surface area contributed by atoms with Gasteiger partial charge in [0.2, 0.25) is 5.79 Å². The van der Waals surface area contributed by atoms with Gasteiger partial charge in [0, 0.05) is 5.41 Å². The van der Waals surface area contributed by atoms with Crippen molar-refractivity contribution in [3.63, 3.8) is 0 Å². The Morgan fingerprint density at radius 1 is 0.889 bits per heavy atom. The predicted molar refractivity (Wildman–Crippen MR) is 59.3 cm³/mol. The van der Waals surface area contributed by atoms with Gasteiger partial charge in [-0.1, -0.05) is 27.7 Å². The summed E-state index contributed by atoms with van der Waals surface area (Å²) in [7, 11) is 0. The molecular formula is C12H20O6. The molecule has 2 unspecified atom stereocenters. The van der Waals surface area contributed by atoms with Crippen LogP contribution in [0.1, 0.15) is 27.7 Å². The maximum absolute atomic E-state index is 10.4. The molecule has 2 saturated carbocycles. The van der Waals surface area contributed by atoms with Crippen molar-refractivity contribution in [2.45, 2.75) is 63.0 Å². The molecule has 6 nitrogen and oxygen atoms in total. The minimum absolute atomic E-state index is 0.958. The lowest BCUT2D eigenvalue weighted by Gasteiger charge is -2.62. The van der Waals surface area contributed by atoms with Gasteiger partial charge in [-0.2, -0.15) is 0 Å². The van der Waals surface area contributed by atoms with Gasteiger partial charge >= 0.3 is 0 Å². The molecule has 104 valence electrons. The fourth-order valence-electron chi connectivity index (χ4n) is 4.02. The topological polar surface area (TPSA) is 110 Å². The highest BCUT2D eigenvalue weighted by atomic mass is 16.7. The monoisotopic (exact) mass is 260 g/mol. The van der Waals surface area contributed by atoms with Gasteiger partial charge in [-0.3, -0.25) is 0 Å². The summed E-state index contributed by atoms with van der Waals surface area (Å²) in [6.45, 7) is 6.41. The summed E-state index contributed by atoms with van der Waals surface area (Å²) in [5.74, 6) is -1.89. The predicted octanol–water partition coefficient (Wildman–Crippen LogP) is -1.66. The molecule has 5 N–H and O–H groups in total. The molecule has 1 heterocycles. The number of ether oxygens (including phenoxy) is 1. The fraction of sp³-hybridized carbons (Fsp3) is 1.00. The molecule has 6 heteroatoms. The third kappa shape index (κ3) is 0.748. The van der Waals surface area contributed by atoms with Crippen molar-refractivity contribution in [1.29, 1.82) is 0 Å². The van der Waals surface area contributed by atoms with Gasteiger partial charge in [0.25, 0.3) is 0 Å². The van der Waals surface area contributed by atoms with Crippen LogP contribution in [0.2, 0.25) is 0 Å². The largest absolute Gasteiger partial charge is 0.390 e. The van der Waals surface area contributed by atoms with Crippen LogP contribution in [-0.4, -0.2) is 60.8 Å². The smallest absolute Gasteiger partial charge is 0.207 e. The molecule has 3 fully saturated rings. The Morgan fingerprint density at radius 2 is 1.39 bits per heavy atom. The van der Waals surface area contributed by atoms with E-state index in [0.29, 0.717) is 0 Å². The molecule has 0 bridgehead atoms. The standard InChI is InChI=1S/C12H20O6/c1-8(2)5(13)6(14)10(8)7(15)11(16)9(3,4)12(11,17)18-10/h5-7,13-17H,1-4H3/t5?,6-,7+,10-,11+,12?/m1/s1. The first kappa shape index (κ1) is 12.8. The average molecular weight is 260 g/mol. The lowest BCUT2D eigenvalue weighted by molar-refractivity contribution is -0.370. The first-order valence-corrected chi connectivity index (χ1v) is 6.12. The second-order valence-corrected chi connectivity index (χ2v) is 6.94. The minimum atomic E-state index is -1.89. The molecule has 1 saturated heterocycles. The Hall–Kier alpha value is -0.240. The molecule has 0 aromatic rings. The van der Waals surface area contributed by atoms with Gasteiger partial charge in [-0.15, -0.1) is 0 Å². The Morgan fingerprint density at radius 3 is 1.72 bits per heavy atom. The SMILES string of the molecule is CC1(C)C(O)[C@@H](O)[C@]12OC1(O)C(C)(C)[C@@]1(O)[C@H]2O. The molecule has 1 aliphatic heterocycles. The van der Waals surface area contributed by atoms with Gasteiger partial charge in [-0.25, -0.2) is 0 Å². The van der Waals surface area contributed by atoms with Crippen LogP contribution in [0.5, 0.6) is 0 Å². The van der Waals surface area contributed by atoms with E-state index in [9.17, 15) is 25.5 Å². The maximum atomic E-state index is 10.4. The van der Waals surface area contributed by atoms with Crippen LogP contribution in [-0.2, 0) is 4.74 Å². The lowest BCUT2D eigenvalue weighted by atomic mass is 9.51. The van der Waals surface area contributed by atoms with E-state index in [2.05, 4.69) is 0 Å². The van der Waals surface area contributed by atoms with Crippen molar-refractivity contribution in [1.82, 2.24) is 0 Å². The second-order valence-electron chi connectivity index (χ2n) is 6.94. The van der Waals surface area contributed by atoms with Crippen LogP contribution in [0.25, 0.3) is 0 Å². The molecule has 3 aliphatic rings. The zero-order chi connectivity index (χ0) is 13.9. The summed E-state index contributed by atoms with van der Waals surface area (Å²) in [6.07, 6.45) is -3.86. The molecule has 0 aromatic heterocycles. The Kier molecular flexibility index (Phi) is 1.87. The third-order valence-electron chi connectivity index (χ3n) is 5.86. The fourth-order valence-corrected chi connectivity index (χ4v) is 4.02. The van der Waals surface area contributed by atoms with E-state index >= 15 is 0 Å². The summed E-state index contributed by atoms with van der Waals surface area (Å²) in [4.78, 5) is 0. The van der Waals surface area contributed by atoms with Gasteiger partial charge < -0.3 is 30.3 Å². The normalized spacial score (nSPS) is 63.5. The van der Waals surface area contributed by atoms with Crippen molar-refractivity contribution in [3.05, 3.63) is 0 Å². The molecule has 0 amide bonds. The highest BCUT2D eigenvalue weighted by molar-refractivity contribution is 5.42. The van der Waals surface area contributed by atoms with Gasteiger partial charge in [-0.05, 0) is 0 Å². The molecular weight excluding hydrogens is 240 g/mol. The van der Waals surface area contributed by atoms with Crippen molar-refractivity contribution in [3.8, 4) is 0 Å². The van der Waals surface area contributed by atoms with Gasteiger partial charge in [0.1, 0.15) is 17.8 Å². The molecule has 18 heavy (non-hydrogen) atoms. The zero-order valence-corrected chi connectivity index (χ0v) is 10.9. The molecule has 0 radical (unpaired) electrons. The van der Waals surface area contributed by atoms with E-state index in [1.807, 2.05) is 0 Å². The van der Waals surface area contributed by atoms with Crippen molar-refractivity contribution < 1.29 is 30.3 Å². The molecule has 6 atom stereocenters. The Bertz CT molecular complexity index is 434. The molecule has 1 spiro atoms. The van der Waals surface area contributed by atoms with E-state index in [-0.39, 0.29) is 0 Å². The molecule has 2 aliphatic carbocycles. The van der Waals surface area contributed by atoms with Crippen LogP contribution in [0.4, 0.5) is 0 Å². The first-order chi connectivity index (χ1) is 7.93. The summed E-state index contributed by atoms with van der Waals surface area (Å²) in [6, 6.07) is 0. The summed E-state index contributed by atoms with van der Waals surface area (Å²) >= 11 is 0. The van der Waals surface area contributed by atoms with Crippen LogP contribution >= 0.6 is 0 Å². The second kappa shape index (κ2) is 2.63. The quantitative estimate of drug-likeness (QED) is 0.356. The number of hydrogen-bond donors (Lipinski definition) is 5. The van der Waals surface area contributed by atoms with Crippen molar-refractivity contribution in [2.24, 2.45) is 10.8 Å². The maximum Gasteiger partial charge on any atom is 0.207 e. The molecule has 0 aromatic carbocycles. The minimum Gasteiger partial charge on any atom is -0.390 e. The van der Waals surface area contributed by atoms with Crippen molar-refractivity contribution in [2.75, 3.05) is 0 Å². The van der Waals surface area contributed by atoms with E-state index < -0.39 is 46.1 Å². The highest BCUT2D eigenvalue weighted by Gasteiger charge is 2.98. The van der Waals surface area contributed by atoms with E-state index in [4.69, 9.17) is 4.74 Å². The van der Waals surface area contributed by atoms with Crippen LogP contribution in [0.15, 0.2) is 0 Å². The molecule has 3 rings (SSSR count). The lowest BCUT2D eigenvalue weighted by Crippen LogP contribution is -2.80. The van der Waals surface area contributed by atoms with Crippen LogP contribution in [0.3, 0.4) is 0 Å². The number of rotatable bonds is 0. The zero-order valence-electron chi connectivity index (χ0n) is 10.9. The van der Waals surface area contributed by atoms with Crippen molar-refractivity contribution >= 4 is 0 Å². The third-order valence-corrected chi connectivity index (χ3v) is 5.86. The van der Waals surface area contributed by atoms with E-state index in [1.165, 1.54) is 0 Å². The first-order valence-electron chi connectivity index (χ1n) is 6.12. The van der Waals surface area contributed by atoms with Gasteiger partial charge in [0.15, 0.2) is 5.60 Å². The highest BCUT2D eigenvalue weighted by Crippen LogP contribution is 2.78. The number of fused-ring (bicyclic) bond motifs is 1. The van der Waals surface area contributed by atoms with Crippen LogP contribution in [0, 0.1) is 10.8 Å². The number of aliphatic hydroxyl groups is 5. The Labute approximate surface area is 105 Å². The van der Waals surface area contributed by atoms with E-state index in [0.717, 1.165) is 0 Å². The Balaban J connectivity index is 2.07. The summed E-state index contributed by atoms with van der Waals surface area (Å²) in [5.41, 5.74) is -5.33.